The molecule has 8 nitrogen and oxygen atoms in total. The molecule has 30 heavy (non-hydrogen) atoms. The standard InChI is InChI=1S/C22H19N5O3/c1-2-27(11-17-23-15-9-5-3-7-13(15)21(28)25-17)12-18-24-19-14-8-4-6-10-16(14)30-20(19)22(29)26-18/h3-10H,2,11-12H2,1H3,(H,23,25,28)(H,24,26,29). The Morgan fingerprint density at radius 1 is 0.867 bits per heavy atom. The molecule has 0 amide bonds. The van der Waals surface area contributed by atoms with Crippen molar-refractivity contribution < 1.29 is 4.42 Å². The van der Waals surface area contributed by atoms with Crippen LogP contribution in [-0.2, 0) is 13.1 Å². The number of nitrogens with one attached hydrogen (secondary N) is 2. The van der Waals surface area contributed by atoms with E-state index in [-0.39, 0.29) is 16.7 Å². The first-order chi connectivity index (χ1) is 14.6. The van der Waals surface area contributed by atoms with Gasteiger partial charge in [-0.25, -0.2) is 9.97 Å². The Hall–Kier alpha value is -3.78. The molecule has 0 radical (unpaired) electrons. The van der Waals surface area contributed by atoms with Crippen LogP contribution < -0.4 is 11.1 Å². The third kappa shape index (κ3) is 3.17. The molecule has 0 bridgehead atoms. The molecule has 0 aliphatic heterocycles. The molecule has 3 heterocycles. The van der Waals surface area contributed by atoms with Crippen molar-refractivity contribution >= 4 is 33.0 Å². The van der Waals surface area contributed by atoms with E-state index in [1.165, 1.54) is 0 Å². The van der Waals surface area contributed by atoms with Crippen LogP contribution in [0.2, 0.25) is 0 Å². The lowest BCUT2D eigenvalue weighted by molar-refractivity contribution is 0.258. The molecule has 0 fully saturated rings. The van der Waals surface area contributed by atoms with E-state index < -0.39 is 0 Å². The van der Waals surface area contributed by atoms with E-state index in [1.807, 2.05) is 54.3 Å². The molecule has 2 N–H and O–H groups in total. The molecule has 0 unspecified atom stereocenters. The number of para-hydroxylation sites is 2. The molecule has 0 aliphatic carbocycles. The van der Waals surface area contributed by atoms with Crippen LogP contribution in [0, 0.1) is 0 Å². The van der Waals surface area contributed by atoms with Gasteiger partial charge in [-0.2, -0.15) is 0 Å². The summed E-state index contributed by atoms with van der Waals surface area (Å²) in [5, 5.41) is 1.37. The van der Waals surface area contributed by atoms with Crippen molar-refractivity contribution in [2.45, 2.75) is 20.0 Å². The summed E-state index contributed by atoms with van der Waals surface area (Å²) in [5.74, 6) is 1.10. The van der Waals surface area contributed by atoms with Crippen LogP contribution in [0.15, 0.2) is 62.5 Å². The summed E-state index contributed by atoms with van der Waals surface area (Å²) in [5.41, 5.74) is 1.60. The average molecular weight is 401 g/mol. The summed E-state index contributed by atoms with van der Waals surface area (Å²) in [7, 11) is 0. The molecule has 8 heteroatoms. The normalized spacial score (nSPS) is 11.8. The first kappa shape index (κ1) is 18.3. The van der Waals surface area contributed by atoms with Gasteiger partial charge in [0.25, 0.3) is 11.1 Å². The van der Waals surface area contributed by atoms with Crippen LogP contribution >= 0.6 is 0 Å². The van der Waals surface area contributed by atoms with E-state index in [9.17, 15) is 9.59 Å². The fourth-order valence-corrected chi connectivity index (χ4v) is 3.64. The van der Waals surface area contributed by atoms with E-state index in [2.05, 4.69) is 19.9 Å². The summed E-state index contributed by atoms with van der Waals surface area (Å²) in [6.45, 7) is 3.51. The van der Waals surface area contributed by atoms with Gasteiger partial charge in [0.2, 0.25) is 5.58 Å². The number of nitrogens with zero attached hydrogens (tertiary/aromatic N) is 3. The summed E-state index contributed by atoms with van der Waals surface area (Å²) < 4.78 is 5.65. The number of furan rings is 1. The summed E-state index contributed by atoms with van der Waals surface area (Å²) in [6, 6.07) is 14.7. The molecule has 150 valence electrons. The topological polar surface area (TPSA) is 108 Å². The van der Waals surface area contributed by atoms with Crippen molar-refractivity contribution in [3.05, 3.63) is 80.9 Å². The smallest absolute Gasteiger partial charge is 0.294 e. The number of benzene rings is 2. The van der Waals surface area contributed by atoms with Gasteiger partial charge in [0, 0.05) is 5.39 Å². The number of aromatic amines is 2. The number of hydrogen-bond acceptors (Lipinski definition) is 6. The molecule has 5 aromatic rings. The second-order valence-electron chi connectivity index (χ2n) is 7.12. The van der Waals surface area contributed by atoms with E-state index >= 15 is 0 Å². The lowest BCUT2D eigenvalue weighted by atomic mass is 10.2. The fraction of sp³-hybridized carbons (Fsp3) is 0.182. The van der Waals surface area contributed by atoms with Crippen LogP contribution in [0.25, 0.3) is 33.0 Å². The molecule has 0 spiro atoms. The lowest BCUT2D eigenvalue weighted by Crippen LogP contribution is -2.27. The van der Waals surface area contributed by atoms with Crippen molar-refractivity contribution in [3.8, 4) is 0 Å². The Morgan fingerprint density at radius 2 is 1.53 bits per heavy atom. The highest BCUT2D eigenvalue weighted by molar-refractivity contribution is 6.01. The molecule has 0 aliphatic rings. The summed E-state index contributed by atoms with van der Waals surface area (Å²) >= 11 is 0. The van der Waals surface area contributed by atoms with Gasteiger partial charge < -0.3 is 14.4 Å². The van der Waals surface area contributed by atoms with E-state index in [4.69, 9.17) is 4.42 Å². The lowest BCUT2D eigenvalue weighted by Gasteiger charge is -2.19. The van der Waals surface area contributed by atoms with Crippen molar-refractivity contribution in [1.29, 1.82) is 0 Å². The Morgan fingerprint density at radius 3 is 2.33 bits per heavy atom. The predicted molar refractivity (Wildman–Crippen MR) is 114 cm³/mol. The third-order valence-corrected chi connectivity index (χ3v) is 5.14. The number of rotatable bonds is 5. The zero-order chi connectivity index (χ0) is 20.7. The van der Waals surface area contributed by atoms with Gasteiger partial charge in [-0.15, -0.1) is 0 Å². The van der Waals surface area contributed by atoms with Crippen LogP contribution in [0.3, 0.4) is 0 Å². The number of fused-ring (bicyclic) bond motifs is 4. The Balaban J connectivity index is 1.48. The third-order valence-electron chi connectivity index (χ3n) is 5.14. The van der Waals surface area contributed by atoms with Gasteiger partial charge in [-0.3, -0.25) is 14.5 Å². The van der Waals surface area contributed by atoms with E-state index in [0.717, 1.165) is 5.39 Å². The van der Waals surface area contributed by atoms with Gasteiger partial charge in [0.1, 0.15) is 22.7 Å². The SMILES string of the molecule is CCN(Cc1nc2ccccc2c(=O)[nH]1)Cc1nc2c(oc3ccccc32)c(=O)[nH]1. The summed E-state index contributed by atoms with van der Waals surface area (Å²) in [4.78, 5) is 41.7. The van der Waals surface area contributed by atoms with Crippen molar-refractivity contribution in [2.24, 2.45) is 0 Å². The van der Waals surface area contributed by atoms with Crippen LogP contribution in [-0.4, -0.2) is 31.4 Å². The second-order valence-corrected chi connectivity index (χ2v) is 7.12. The van der Waals surface area contributed by atoms with Crippen molar-refractivity contribution in [3.63, 3.8) is 0 Å². The summed E-state index contributed by atoms with van der Waals surface area (Å²) in [6.07, 6.45) is 0. The molecular formula is C22H19N5O3. The van der Waals surface area contributed by atoms with E-state index in [1.54, 1.807) is 6.07 Å². The largest absolute Gasteiger partial charge is 0.449 e. The highest BCUT2D eigenvalue weighted by Gasteiger charge is 2.15. The van der Waals surface area contributed by atoms with Crippen molar-refractivity contribution in [1.82, 2.24) is 24.8 Å². The minimum absolute atomic E-state index is 0.163. The molecule has 3 aromatic heterocycles. The van der Waals surface area contributed by atoms with Gasteiger partial charge in [0.15, 0.2) is 0 Å². The maximum absolute atomic E-state index is 12.5. The minimum atomic E-state index is -0.306. The maximum atomic E-state index is 12.5. The quantitative estimate of drug-likeness (QED) is 0.469. The number of aromatic nitrogens is 4. The van der Waals surface area contributed by atoms with Crippen molar-refractivity contribution in [2.75, 3.05) is 6.54 Å². The maximum Gasteiger partial charge on any atom is 0.294 e. The zero-order valence-electron chi connectivity index (χ0n) is 16.3. The van der Waals surface area contributed by atoms with Gasteiger partial charge in [0.05, 0.1) is 24.0 Å². The van der Waals surface area contributed by atoms with Gasteiger partial charge >= 0.3 is 0 Å². The van der Waals surface area contributed by atoms with E-state index in [0.29, 0.717) is 53.3 Å². The molecule has 0 saturated carbocycles. The second kappa shape index (κ2) is 7.23. The fourth-order valence-electron chi connectivity index (χ4n) is 3.64. The first-order valence-corrected chi connectivity index (χ1v) is 9.73. The molecule has 2 aromatic carbocycles. The minimum Gasteiger partial charge on any atom is -0.449 e. The first-order valence-electron chi connectivity index (χ1n) is 9.73. The van der Waals surface area contributed by atoms with Crippen LogP contribution in [0.4, 0.5) is 0 Å². The monoisotopic (exact) mass is 401 g/mol. The van der Waals surface area contributed by atoms with Crippen LogP contribution in [0.5, 0.6) is 0 Å². The molecule has 0 saturated heterocycles. The van der Waals surface area contributed by atoms with Gasteiger partial charge in [-0.05, 0) is 30.8 Å². The zero-order valence-corrected chi connectivity index (χ0v) is 16.3. The molecule has 5 rings (SSSR count). The Labute approximate surface area is 170 Å². The highest BCUT2D eigenvalue weighted by atomic mass is 16.3. The molecule has 0 atom stereocenters. The highest BCUT2D eigenvalue weighted by Crippen LogP contribution is 2.24. The van der Waals surface area contributed by atoms with Gasteiger partial charge in [-0.1, -0.05) is 31.2 Å². The molecular weight excluding hydrogens is 382 g/mol. The number of hydrogen-bond donors (Lipinski definition) is 2. The average Bonchev–Trinajstić information content (AvgIpc) is 3.13. The predicted octanol–water partition coefficient (Wildman–Crippen LogP) is 2.93. The Kier molecular flexibility index (Phi) is 4.40. The number of H-pyrrole nitrogens is 2. The van der Waals surface area contributed by atoms with Crippen LogP contribution in [0.1, 0.15) is 18.6 Å². The Bertz CT molecular complexity index is 1500.